The van der Waals surface area contributed by atoms with Crippen molar-refractivity contribution in [1.82, 2.24) is 41.9 Å². The molecule has 0 radical (unpaired) electrons. The van der Waals surface area contributed by atoms with Crippen molar-refractivity contribution in [2.45, 2.75) is 71.4 Å². The summed E-state index contributed by atoms with van der Waals surface area (Å²) >= 11 is 0. The van der Waals surface area contributed by atoms with Crippen LogP contribution >= 0.6 is 0 Å². The van der Waals surface area contributed by atoms with Gasteiger partial charge in [0.05, 0.1) is 0 Å². The number of aromatic amines is 1. The Hall–Kier alpha value is -6.32. The molecule has 1 aliphatic carbocycles. The maximum atomic E-state index is 13.7. The smallest absolute Gasteiger partial charge is 0.407 e. The number of ether oxygens (including phenoxy) is 1. The number of aryl methyl sites for hydroxylation is 1. The van der Waals surface area contributed by atoms with Gasteiger partial charge in [-0.25, -0.2) is 9.59 Å². The van der Waals surface area contributed by atoms with E-state index in [1.807, 2.05) is 37.3 Å². The van der Waals surface area contributed by atoms with E-state index in [0.29, 0.717) is 54.9 Å². The lowest BCUT2D eigenvalue weighted by molar-refractivity contribution is -0.130. The van der Waals surface area contributed by atoms with Crippen LogP contribution in [0.3, 0.4) is 0 Å². The summed E-state index contributed by atoms with van der Waals surface area (Å²) in [7, 11) is 0. The van der Waals surface area contributed by atoms with E-state index >= 15 is 0 Å². The van der Waals surface area contributed by atoms with Crippen molar-refractivity contribution in [3.63, 3.8) is 0 Å². The van der Waals surface area contributed by atoms with E-state index in [0.717, 1.165) is 22.3 Å². The van der Waals surface area contributed by atoms with Gasteiger partial charge in [-0.05, 0) is 123 Å². The highest BCUT2D eigenvalue weighted by Gasteiger charge is 2.30. The number of H-pyrrole nitrogens is 1. The number of amides is 5. The number of alkyl carbamates (subject to hydrolysis) is 1. The van der Waals surface area contributed by atoms with Crippen molar-refractivity contribution in [2.24, 2.45) is 11.8 Å². The van der Waals surface area contributed by atoms with Crippen LogP contribution < -0.4 is 26.6 Å². The zero-order valence-corrected chi connectivity index (χ0v) is 32.0. The van der Waals surface area contributed by atoms with E-state index in [9.17, 15) is 24.0 Å². The normalized spacial score (nSPS) is 15.9. The predicted octanol–water partition coefficient (Wildman–Crippen LogP) is 4.84. The second kappa shape index (κ2) is 18.8. The summed E-state index contributed by atoms with van der Waals surface area (Å²) in [6.45, 7) is 8.06. The number of hydrogen-bond donors (Lipinski definition) is 7. The molecular weight excluding hydrogens is 718 g/mol. The average Bonchev–Trinajstić information content (AvgIpc) is 3.71. The molecule has 5 amide bonds. The van der Waals surface area contributed by atoms with Gasteiger partial charge in [0.2, 0.25) is 17.6 Å². The average molecular weight is 768 g/mol. The van der Waals surface area contributed by atoms with Crippen molar-refractivity contribution in [1.29, 1.82) is 0 Å². The molecule has 4 aromatic rings. The number of aromatic nitrogens is 4. The molecule has 0 saturated heterocycles. The molecule has 296 valence electrons. The third-order valence-electron chi connectivity index (χ3n) is 9.42. The predicted molar refractivity (Wildman–Crippen MR) is 209 cm³/mol. The summed E-state index contributed by atoms with van der Waals surface area (Å²) in [6, 6.07) is 19.2. The van der Waals surface area contributed by atoms with Crippen LogP contribution in [-0.2, 0) is 20.7 Å². The van der Waals surface area contributed by atoms with E-state index in [-0.39, 0.29) is 49.1 Å². The first-order chi connectivity index (χ1) is 26.7. The molecule has 1 saturated carbocycles. The van der Waals surface area contributed by atoms with Gasteiger partial charge in [-0.2, -0.15) is 5.21 Å². The van der Waals surface area contributed by atoms with Gasteiger partial charge in [-0.15, -0.1) is 10.2 Å². The van der Waals surface area contributed by atoms with E-state index in [2.05, 4.69) is 47.2 Å². The zero-order chi connectivity index (χ0) is 40.2. The van der Waals surface area contributed by atoms with Crippen LogP contribution in [0.5, 0.6) is 0 Å². The van der Waals surface area contributed by atoms with Gasteiger partial charge >= 0.3 is 12.2 Å². The standard InChI is InChI=1S/C40H49N9O7/c1-24-21-30(35(50)41-19-20-42-39(55)56-40(2,3)4)15-18-32(24)27-9-5-25(6-10-27)22-33(45-36(51)29-11-7-26(8-12-29)23-43-38(53)54)37(52)44-31-16-13-28(14-17-31)34-46-48-49-47-34/h5-6,9-10,13-18,21,26,29,33,43H,7-8,11-12,19-20,22-23H2,1-4H3,(H,41,50)(H,42,55)(H,44,52)(H,45,51)(H,53,54)(H,46,47,48,49)/t26-,29-,33-/m0/s1. The largest absolute Gasteiger partial charge is 0.465 e. The minimum atomic E-state index is -1.06. The first kappa shape index (κ1) is 40.9. The fourth-order valence-corrected chi connectivity index (χ4v) is 6.52. The van der Waals surface area contributed by atoms with Crippen molar-refractivity contribution >= 4 is 35.6 Å². The summed E-state index contributed by atoms with van der Waals surface area (Å²) in [5.41, 5.74) is 4.70. The van der Waals surface area contributed by atoms with Gasteiger partial charge in [-0.1, -0.05) is 30.3 Å². The van der Waals surface area contributed by atoms with Crippen LogP contribution in [-0.4, -0.2) is 86.9 Å². The minimum absolute atomic E-state index is 0.167. The van der Waals surface area contributed by atoms with E-state index < -0.39 is 23.8 Å². The molecule has 56 heavy (non-hydrogen) atoms. The number of rotatable bonds is 14. The van der Waals surface area contributed by atoms with Crippen LogP contribution in [0, 0.1) is 18.8 Å². The summed E-state index contributed by atoms with van der Waals surface area (Å²) in [6.07, 6.45) is 1.25. The Balaban J connectivity index is 1.22. The van der Waals surface area contributed by atoms with Gasteiger partial charge in [0, 0.05) is 48.8 Å². The maximum Gasteiger partial charge on any atom is 0.407 e. The quantitative estimate of drug-likeness (QED) is 0.0864. The summed E-state index contributed by atoms with van der Waals surface area (Å²) in [4.78, 5) is 62.8. The molecular formula is C40H49N9O7. The Morgan fingerprint density at radius 3 is 2.18 bits per heavy atom. The highest BCUT2D eigenvalue weighted by Crippen LogP contribution is 2.29. The van der Waals surface area contributed by atoms with Crippen molar-refractivity contribution in [3.05, 3.63) is 83.4 Å². The molecule has 5 rings (SSSR count). The summed E-state index contributed by atoms with van der Waals surface area (Å²) in [5, 5.41) is 36.7. The van der Waals surface area contributed by atoms with Gasteiger partial charge < -0.3 is 36.4 Å². The molecule has 0 bridgehead atoms. The van der Waals surface area contributed by atoms with Crippen LogP contribution in [0.4, 0.5) is 15.3 Å². The van der Waals surface area contributed by atoms with E-state index in [4.69, 9.17) is 9.84 Å². The number of hydrogen-bond acceptors (Lipinski definition) is 9. The third kappa shape index (κ3) is 12.1. The van der Waals surface area contributed by atoms with Gasteiger partial charge in [0.1, 0.15) is 11.6 Å². The molecule has 1 heterocycles. The molecule has 0 unspecified atom stereocenters. The first-order valence-corrected chi connectivity index (χ1v) is 18.6. The molecule has 0 aliphatic heterocycles. The lowest BCUT2D eigenvalue weighted by Crippen LogP contribution is -2.48. The molecule has 1 atom stereocenters. The molecule has 1 fully saturated rings. The molecule has 0 spiro atoms. The number of carboxylic acid groups (broad SMARTS) is 1. The second-order valence-corrected chi connectivity index (χ2v) is 14.9. The summed E-state index contributed by atoms with van der Waals surface area (Å²) < 4.78 is 5.21. The van der Waals surface area contributed by atoms with Crippen molar-refractivity contribution in [3.8, 4) is 22.5 Å². The number of benzene rings is 3. The molecule has 16 heteroatoms. The fraction of sp³-hybridized carbons (Fsp3) is 0.400. The summed E-state index contributed by atoms with van der Waals surface area (Å²) in [5.74, 6) is -0.552. The number of carbonyl (C=O) groups excluding carboxylic acids is 4. The van der Waals surface area contributed by atoms with Gasteiger partial charge in [0.15, 0.2) is 0 Å². The maximum absolute atomic E-state index is 13.7. The lowest BCUT2D eigenvalue weighted by Gasteiger charge is -2.29. The SMILES string of the molecule is Cc1cc(C(=O)NCCNC(=O)OC(C)(C)C)ccc1-c1ccc(C[C@H](NC(=O)[C@H]2CC[C@H](CNC(=O)O)CC2)C(=O)Nc2ccc(-c3nn[nH]n3)cc2)cc1. The van der Waals surface area contributed by atoms with Crippen molar-refractivity contribution < 1.29 is 33.8 Å². The Bertz CT molecular complexity index is 1970. The highest BCUT2D eigenvalue weighted by atomic mass is 16.6. The fourth-order valence-electron chi connectivity index (χ4n) is 6.52. The topological polar surface area (TPSA) is 229 Å². The number of anilines is 1. The number of nitrogens with zero attached hydrogens (tertiary/aromatic N) is 3. The minimum Gasteiger partial charge on any atom is -0.465 e. The third-order valence-corrected chi connectivity index (χ3v) is 9.42. The molecule has 1 aromatic heterocycles. The number of carbonyl (C=O) groups is 5. The van der Waals surface area contributed by atoms with Gasteiger partial charge in [-0.3, -0.25) is 14.4 Å². The number of tetrazole rings is 1. The van der Waals surface area contributed by atoms with Crippen LogP contribution in [0.25, 0.3) is 22.5 Å². The van der Waals surface area contributed by atoms with Crippen LogP contribution in [0.2, 0.25) is 0 Å². The Morgan fingerprint density at radius 1 is 0.875 bits per heavy atom. The second-order valence-electron chi connectivity index (χ2n) is 14.9. The van der Waals surface area contributed by atoms with Gasteiger partial charge in [0.25, 0.3) is 5.91 Å². The Labute approximate surface area is 324 Å². The van der Waals surface area contributed by atoms with Crippen LogP contribution in [0.15, 0.2) is 66.7 Å². The van der Waals surface area contributed by atoms with Crippen molar-refractivity contribution in [2.75, 3.05) is 25.0 Å². The lowest BCUT2D eigenvalue weighted by atomic mass is 9.81. The van der Waals surface area contributed by atoms with E-state index in [1.54, 1.807) is 57.2 Å². The number of nitrogens with one attached hydrogen (secondary N) is 6. The molecule has 3 aromatic carbocycles. The Morgan fingerprint density at radius 2 is 1.55 bits per heavy atom. The zero-order valence-electron chi connectivity index (χ0n) is 32.0. The van der Waals surface area contributed by atoms with Crippen LogP contribution in [0.1, 0.15) is 67.9 Å². The highest BCUT2D eigenvalue weighted by molar-refractivity contribution is 5.98. The Kier molecular flexibility index (Phi) is 13.7. The monoisotopic (exact) mass is 767 g/mol. The first-order valence-electron chi connectivity index (χ1n) is 18.6. The molecule has 7 N–H and O–H groups in total. The molecule has 16 nitrogen and oxygen atoms in total. The molecule has 1 aliphatic rings. The van der Waals surface area contributed by atoms with E-state index in [1.165, 1.54) is 0 Å².